The molecule has 3 rings (SSSR count). The van der Waals surface area contributed by atoms with Crippen molar-refractivity contribution in [2.75, 3.05) is 37.2 Å². The molecule has 0 aliphatic carbocycles. The van der Waals surface area contributed by atoms with E-state index in [0.29, 0.717) is 25.4 Å². The standard InChI is InChI=1S/C35H49N5O5S/c1-24(2)21-36-23-33(26(4)41)37-22-31(17-27-13-9-7-10-14-27)39-35(43)30-18-29(19-32(20-30)40(5)46(6,44)45)34(42)38-25(3)28-15-11-8-12-16-28/h7-16,18-20,24-26,31,33,36-37,41H,17,21-23H2,1-6H3,(H,38,42)(H,39,43)/t25-,26+,31+,33-/m1/s1. The molecule has 3 aromatic carbocycles. The normalized spacial score (nSPS) is 14.3. The van der Waals surface area contributed by atoms with Crippen molar-refractivity contribution in [2.45, 2.75) is 58.3 Å². The van der Waals surface area contributed by atoms with Crippen molar-refractivity contribution in [3.63, 3.8) is 0 Å². The molecule has 0 heterocycles. The number of sulfonamides is 1. The third-order valence-corrected chi connectivity index (χ3v) is 8.94. The van der Waals surface area contributed by atoms with E-state index in [-0.39, 0.29) is 34.9 Å². The fourth-order valence-electron chi connectivity index (χ4n) is 4.93. The topological polar surface area (TPSA) is 140 Å². The van der Waals surface area contributed by atoms with Crippen molar-refractivity contribution in [3.8, 4) is 0 Å². The Morgan fingerprint density at radius 1 is 0.804 bits per heavy atom. The second kappa shape index (κ2) is 17.2. The van der Waals surface area contributed by atoms with Crippen LogP contribution in [0.25, 0.3) is 0 Å². The number of nitrogens with one attached hydrogen (secondary N) is 4. The summed E-state index contributed by atoms with van der Waals surface area (Å²) in [5.41, 5.74) is 2.42. The molecule has 3 aromatic rings. The molecule has 0 saturated heterocycles. The van der Waals surface area contributed by atoms with Crippen molar-refractivity contribution in [2.24, 2.45) is 5.92 Å². The van der Waals surface area contributed by atoms with Crippen LogP contribution >= 0.6 is 0 Å². The lowest BCUT2D eigenvalue weighted by molar-refractivity contribution is 0.0932. The van der Waals surface area contributed by atoms with E-state index in [4.69, 9.17) is 0 Å². The van der Waals surface area contributed by atoms with E-state index in [1.165, 1.54) is 25.2 Å². The first-order chi connectivity index (χ1) is 21.7. The quantitative estimate of drug-likeness (QED) is 0.151. The number of aliphatic hydroxyl groups excluding tert-OH is 1. The maximum Gasteiger partial charge on any atom is 0.251 e. The smallest absolute Gasteiger partial charge is 0.251 e. The fourth-order valence-corrected chi connectivity index (χ4v) is 5.42. The van der Waals surface area contributed by atoms with E-state index in [1.54, 1.807) is 6.92 Å². The first-order valence-electron chi connectivity index (χ1n) is 15.7. The van der Waals surface area contributed by atoms with Crippen LogP contribution in [-0.2, 0) is 16.4 Å². The minimum Gasteiger partial charge on any atom is -0.392 e. The van der Waals surface area contributed by atoms with Gasteiger partial charge in [0, 0.05) is 43.3 Å². The number of benzene rings is 3. The molecule has 0 spiro atoms. The van der Waals surface area contributed by atoms with Gasteiger partial charge in [-0.25, -0.2) is 8.42 Å². The van der Waals surface area contributed by atoms with Crippen LogP contribution in [0.5, 0.6) is 0 Å². The van der Waals surface area contributed by atoms with Crippen LogP contribution in [0.4, 0.5) is 5.69 Å². The first kappa shape index (κ1) is 36.7. The van der Waals surface area contributed by atoms with Gasteiger partial charge in [-0.3, -0.25) is 13.9 Å². The predicted octanol–water partition coefficient (Wildman–Crippen LogP) is 3.50. The average Bonchev–Trinajstić information content (AvgIpc) is 3.02. The highest BCUT2D eigenvalue weighted by molar-refractivity contribution is 7.92. The Balaban J connectivity index is 1.88. The lowest BCUT2D eigenvalue weighted by Crippen LogP contribution is -2.52. The zero-order valence-electron chi connectivity index (χ0n) is 27.7. The molecule has 11 heteroatoms. The summed E-state index contributed by atoms with van der Waals surface area (Å²) in [6.45, 7) is 9.55. The Hall–Kier alpha value is -3.77. The molecule has 46 heavy (non-hydrogen) atoms. The molecule has 0 radical (unpaired) electrons. The molecule has 0 unspecified atom stereocenters. The van der Waals surface area contributed by atoms with Gasteiger partial charge in [-0.15, -0.1) is 0 Å². The summed E-state index contributed by atoms with van der Waals surface area (Å²) in [4.78, 5) is 27.2. The summed E-state index contributed by atoms with van der Waals surface area (Å²) in [7, 11) is -2.30. The van der Waals surface area contributed by atoms with Gasteiger partial charge in [0.25, 0.3) is 11.8 Å². The molecule has 4 atom stereocenters. The molecule has 10 nitrogen and oxygen atoms in total. The molecule has 0 aliphatic rings. The first-order valence-corrected chi connectivity index (χ1v) is 17.5. The summed E-state index contributed by atoms with van der Waals surface area (Å²) in [6, 6.07) is 22.7. The van der Waals surface area contributed by atoms with Gasteiger partial charge in [0.1, 0.15) is 0 Å². The zero-order chi connectivity index (χ0) is 33.9. The van der Waals surface area contributed by atoms with Gasteiger partial charge in [0.15, 0.2) is 0 Å². The minimum atomic E-state index is -3.68. The van der Waals surface area contributed by atoms with Crippen molar-refractivity contribution < 1.29 is 23.1 Å². The minimum absolute atomic E-state index is 0.147. The lowest BCUT2D eigenvalue weighted by atomic mass is 10.0. The number of rotatable bonds is 17. The third kappa shape index (κ3) is 11.5. The van der Waals surface area contributed by atoms with Crippen LogP contribution in [0.1, 0.15) is 65.6 Å². The van der Waals surface area contributed by atoms with E-state index in [2.05, 4.69) is 35.1 Å². The third-order valence-electron chi connectivity index (χ3n) is 7.74. The SMILES string of the molecule is CC(C)CNC[C@@H](NC[C@H](Cc1ccccc1)NC(=O)c1cc(C(=O)N[C@H](C)c2ccccc2)cc(N(C)S(C)(=O)=O)c1)[C@H](C)O. The number of nitrogens with zero attached hydrogens (tertiary/aromatic N) is 1. The average molecular weight is 652 g/mol. The second-order valence-electron chi connectivity index (χ2n) is 12.3. The number of amides is 2. The van der Waals surface area contributed by atoms with Crippen LogP contribution < -0.4 is 25.6 Å². The van der Waals surface area contributed by atoms with Gasteiger partial charge in [-0.2, -0.15) is 0 Å². The van der Waals surface area contributed by atoms with Crippen LogP contribution in [0.15, 0.2) is 78.9 Å². The van der Waals surface area contributed by atoms with Crippen molar-refractivity contribution >= 4 is 27.5 Å². The number of carbonyl (C=O) groups is 2. The predicted molar refractivity (Wildman–Crippen MR) is 185 cm³/mol. The lowest BCUT2D eigenvalue weighted by Gasteiger charge is -2.27. The molecule has 250 valence electrons. The van der Waals surface area contributed by atoms with Crippen LogP contribution in [0, 0.1) is 5.92 Å². The monoisotopic (exact) mass is 651 g/mol. The van der Waals surface area contributed by atoms with Crippen LogP contribution in [0.3, 0.4) is 0 Å². The van der Waals surface area contributed by atoms with E-state index in [1.807, 2.05) is 67.6 Å². The van der Waals surface area contributed by atoms with Gasteiger partial charge in [0.2, 0.25) is 10.0 Å². The molecule has 5 N–H and O–H groups in total. The van der Waals surface area contributed by atoms with E-state index in [0.717, 1.165) is 28.2 Å². The summed E-state index contributed by atoms with van der Waals surface area (Å²) >= 11 is 0. The molecular formula is C35H49N5O5S. The zero-order valence-corrected chi connectivity index (χ0v) is 28.5. The van der Waals surface area contributed by atoms with Crippen LogP contribution in [-0.4, -0.2) is 76.5 Å². The summed E-state index contributed by atoms with van der Waals surface area (Å²) in [5, 5.41) is 23.2. The number of hydrogen-bond donors (Lipinski definition) is 5. The highest BCUT2D eigenvalue weighted by Crippen LogP contribution is 2.22. The largest absolute Gasteiger partial charge is 0.392 e. The van der Waals surface area contributed by atoms with Gasteiger partial charge in [-0.05, 0) is 62.1 Å². The van der Waals surface area contributed by atoms with Gasteiger partial charge in [0.05, 0.1) is 24.1 Å². The fraction of sp³-hybridized carbons (Fsp3) is 0.429. The van der Waals surface area contributed by atoms with Gasteiger partial charge < -0.3 is 26.4 Å². The Labute approximate surface area is 274 Å². The van der Waals surface area contributed by atoms with Crippen LogP contribution in [0.2, 0.25) is 0 Å². The van der Waals surface area contributed by atoms with Crippen molar-refractivity contribution in [1.29, 1.82) is 0 Å². The molecule has 2 amide bonds. The Kier molecular flexibility index (Phi) is 13.7. The number of hydrogen-bond acceptors (Lipinski definition) is 7. The van der Waals surface area contributed by atoms with E-state index < -0.39 is 27.9 Å². The number of anilines is 1. The molecule has 0 fully saturated rings. The maximum absolute atomic E-state index is 13.8. The second-order valence-corrected chi connectivity index (χ2v) is 14.3. The van der Waals surface area contributed by atoms with Crippen molar-refractivity contribution in [3.05, 3.63) is 101 Å². The van der Waals surface area contributed by atoms with Gasteiger partial charge in [-0.1, -0.05) is 74.5 Å². The molecular weight excluding hydrogens is 602 g/mol. The van der Waals surface area contributed by atoms with E-state index in [9.17, 15) is 23.1 Å². The number of aliphatic hydroxyl groups is 1. The Morgan fingerprint density at radius 3 is 1.91 bits per heavy atom. The Bertz CT molecular complexity index is 1520. The van der Waals surface area contributed by atoms with Crippen molar-refractivity contribution in [1.82, 2.24) is 21.3 Å². The molecule has 0 aliphatic heterocycles. The molecule has 0 bridgehead atoms. The maximum atomic E-state index is 13.8. The Morgan fingerprint density at radius 2 is 1.37 bits per heavy atom. The molecule has 0 aromatic heterocycles. The van der Waals surface area contributed by atoms with Gasteiger partial charge >= 0.3 is 0 Å². The summed E-state index contributed by atoms with van der Waals surface area (Å²) < 4.78 is 25.9. The summed E-state index contributed by atoms with van der Waals surface area (Å²) in [5.74, 6) is -0.431. The highest BCUT2D eigenvalue weighted by Gasteiger charge is 2.23. The number of carbonyl (C=O) groups excluding carboxylic acids is 2. The highest BCUT2D eigenvalue weighted by atomic mass is 32.2. The van der Waals surface area contributed by atoms with E-state index >= 15 is 0 Å². The summed E-state index contributed by atoms with van der Waals surface area (Å²) in [6.07, 6.45) is 0.944. The molecule has 0 saturated carbocycles.